The van der Waals surface area contributed by atoms with Gasteiger partial charge in [-0.2, -0.15) is 0 Å². The number of hydrogen-bond acceptors (Lipinski definition) is 4. The van der Waals surface area contributed by atoms with Gasteiger partial charge in [0.1, 0.15) is 13.6 Å². The number of nitrogens with one attached hydrogen (secondary N) is 1. The summed E-state index contributed by atoms with van der Waals surface area (Å²) in [6.07, 6.45) is 2.97. The van der Waals surface area contributed by atoms with Crippen LogP contribution in [0.2, 0.25) is 0 Å². The number of amides is 1. The zero-order chi connectivity index (χ0) is 15.8. The Labute approximate surface area is 122 Å². The van der Waals surface area contributed by atoms with Crippen molar-refractivity contribution < 1.29 is 21.2 Å². The van der Waals surface area contributed by atoms with E-state index in [4.69, 9.17) is 15.0 Å². The monoisotopic (exact) mass is 285 g/mol. The highest BCUT2D eigenvalue weighted by Gasteiger charge is 2.04. The maximum Gasteiger partial charge on any atom is 0.219 e. The highest BCUT2D eigenvalue weighted by molar-refractivity contribution is 5.76. The first-order valence-electron chi connectivity index (χ1n) is 6.40. The fraction of sp³-hybridized carbons (Fsp3) is 0.467. The van der Waals surface area contributed by atoms with Gasteiger partial charge in [0, 0.05) is 14.4 Å². The number of piperidine rings is 1. The van der Waals surface area contributed by atoms with Crippen molar-refractivity contribution in [1.82, 2.24) is 5.32 Å². The molecule has 0 saturated carbocycles. The van der Waals surface area contributed by atoms with Gasteiger partial charge in [0.25, 0.3) is 0 Å². The van der Waals surface area contributed by atoms with E-state index in [1.807, 2.05) is 6.79 Å². The normalized spacial score (nSPS) is 12.3. The number of carbonyl (C=O) groups is 2. The molecule has 0 aliphatic carbocycles. The van der Waals surface area contributed by atoms with Gasteiger partial charge in [0.05, 0.1) is 0 Å². The second kappa shape index (κ2) is 15.3. The lowest BCUT2D eigenvalue weighted by Crippen LogP contribution is -2.28. The van der Waals surface area contributed by atoms with Gasteiger partial charge in [-0.15, -0.1) is 0 Å². The lowest BCUT2D eigenvalue weighted by molar-refractivity contribution is -0.122. The molecule has 1 aliphatic heterocycles. The van der Waals surface area contributed by atoms with Crippen molar-refractivity contribution in [3.8, 4) is 0 Å². The Morgan fingerprint density at radius 1 is 1.10 bits per heavy atom. The summed E-state index contributed by atoms with van der Waals surface area (Å²) in [6, 6.07) is 8.48. The smallest absolute Gasteiger partial charge is 0.219 e. The summed E-state index contributed by atoms with van der Waals surface area (Å²) < 4.78 is 0. The van der Waals surface area contributed by atoms with Gasteiger partial charge >= 0.3 is 0 Å². The highest BCUT2D eigenvalue weighted by Crippen LogP contribution is 1.99. The first kappa shape index (κ1) is 20.6. The number of rotatable bonds is 0. The molecule has 5 nitrogen and oxygen atoms in total. The van der Waals surface area contributed by atoms with Crippen molar-refractivity contribution in [3.05, 3.63) is 35.4 Å². The molecule has 1 saturated heterocycles. The lowest BCUT2D eigenvalue weighted by Gasteiger charge is -2.08. The van der Waals surface area contributed by atoms with Crippen molar-refractivity contribution in [2.75, 3.05) is 13.3 Å². The van der Waals surface area contributed by atoms with Gasteiger partial charge in [-0.25, -0.2) is 0 Å². The molecule has 1 fully saturated rings. The van der Waals surface area contributed by atoms with E-state index in [1.54, 1.807) is 0 Å². The van der Waals surface area contributed by atoms with Gasteiger partial charge < -0.3 is 20.3 Å². The average molecular weight is 285 g/mol. The summed E-state index contributed by atoms with van der Waals surface area (Å²) in [5.74, 6) is 0.214. The predicted molar refractivity (Wildman–Crippen MR) is 81.3 cm³/mol. The molecule has 116 valence electrons. The first-order valence-corrected chi connectivity index (χ1v) is 6.40. The van der Waals surface area contributed by atoms with Crippen molar-refractivity contribution in [3.63, 3.8) is 0 Å². The van der Waals surface area contributed by atoms with Crippen LogP contribution in [0.3, 0.4) is 0 Å². The van der Waals surface area contributed by atoms with Gasteiger partial charge in [0.2, 0.25) is 5.91 Å². The third kappa shape index (κ3) is 14.3. The lowest BCUT2D eigenvalue weighted by atomic mass is 10.2. The van der Waals surface area contributed by atoms with Crippen LogP contribution < -0.4 is 5.32 Å². The molecule has 0 aromatic heterocycles. The summed E-state index contributed by atoms with van der Waals surface area (Å²) in [5.41, 5.74) is 2.66. The van der Waals surface area contributed by atoms with E-state index in [0.717, 1.165) is 25.8 Å². The van der Waals surface area contributed by atoms with Gasteiger partial charge in [-0.1, -0.05) is 35.4 Å². The minimum atomic E-state index is -0.750. The topological polar surface area (TPSA) is 86.6 Å². The van der Waals surface area contributed by atoms with E-state index >= 15 is 0 Å². The Morgan fingerprint density at radius 3 is 1.70 bits per heavy atom. The molecule has 20 heavy (non-hydrogen) atoms. The highest BCUT2D eigenvalue weighted by atomic mass is 16.5. The Balaban J connectivity index is -0.000000230. The number of aliphatic hydroxyl groups is 2. The number of aryl methyl sites for hydroxylation is 2. The quantitative estimate of drug-likeness (QED) is 0.632. The number of benzene rings is 1. The van der Waals surface area contributed by atoms with E-state index < -0.39 is 6.79 Å². The Kier molecular flexibility index (Phi) is 15.8. The van der Waals surface area contributed by atoms with Crippen LogP contribution in [-0.2, 0) is 9.59 Å². The molecule has 2 rings (SSSR count). The van der Waals surface area contributed by atoms with E-state index in [0.29, 0.717) is 0 Å². The molecule has 0 spiro atoms. The van der Waals surface area contributed by atoms with E-state index in [2.05, 4.69) is 43.4 Å². The molecule has 3 N–H and O–H groups in total. The molecule has 5 heteroatoms. The molecular weight excluding hydrogens is 258 g/mol. The maximum absolute atomic E-state index is 10.4. The van der Waals surface area contributed by atoms with Crippen LogP contribution >= 0.6 is 0 Å². The Morgan fingerprint density at radius 2 is 1.50 bits per heavy atom. The molecule has 1 aromatic carbocycles. The second-order valence-corrected chi connectivity index (χ2v) is 4.10. The van der Waals surface area contributed by atoms with Crippen LogP contribution in [0.4, 0.5) is 0 Å². The summed E-state index contributed by atoms with van der Waals surface area (Å²) >= 11 is 0. The molecule has 0 atom stereocenters. The zero-order valence-corrected chi connectivity index (χ0v) is 12.3. The third-order valence-corrected chi connectivity index (χ3v) is 2.37. The summed E-state index contributed by atoms with van der Waals surface area (Å²) in [6.45, 7) is 6.33. The van der Waals surface area contributed by atoms with E-state index in [9.17, 15) is 4.79 Å². The van der Waals surface area contributed by atoms with Crippen molar-refractivity contribution in [2.45, 2.75) is 33.1 Å². The minimum absolute atomic E-state index is 0. The van der Waals surface area contributed by atoms with E-state index in [1.165, 1.54) is 11.1 Å². The standard InChI is InChI=1S/C8H10.C5H9NO.CH4O2.CH2O.H2/c1-7-3-5-8(2)6-4-7;7-5-3-1-2-4-6-5;2-1-3;1-2;/h3-6H,1-2H3;1-4H2,(H,6,7);2-3H,1H2;1H2;1H. The van der Waals surface area contributed by atoms with Crippen LogP contribution in [0.1, 0.15) is 31.8 Å². The zero-order valence-electron chi connectivity index (χ0n) is 12.3. The van der Waals surface area contributed by atoms with Crippen LogP contribution in [0.25, 0.3) is 0 Å². The molecule has 0 unspecified atom stereocenters. The third-order valence-electron chi connectivity index (χ3n) is 2.37. The van der Waals surface area contributed by atoms with Gasteiger partial charge in [-0.3, -0.25) is 4.79 Å². The molecule has 1 heterocycles. The fourth-order valence-electron chi connectivity index (χ4n) is 1.36. The van der Waals surface area contributed by atoms with Gasteiger partial charge in [-0.05, 0) is 26.7 Å². The fourth-order valence-corrected chi connectivity index (χ4v) is 1.36. The molecule has 0 radical (unpaired) electrons. The van der Waals surface area contributed by atoms with Crippen molar-refractivity contribution >= 4 is 12.7 Å². The maximum atomic E-state index is 10.4. The second-order valence-electron chi connectivity index (χ2n) is 4.10. The summed E-state index contributed by atoms with van der Waals surface area (Å²) in [7, 11) is 0. The summed E-state index contributed by atoms with van der Waals surface area (Å²) in [4.78, 5) is 18.4. The minimum Gasteiger partial charge on any atom is -0.371 e. The van der Waals surface area contributed by atoms with Crippen LogP contribution in [-0.4, -0.2) is 36.2 Å². The molecule has 0 bridgehead atoms. The van der Waals surface area contributed by atoms with Gasteiger partial charge in [0.15, 0.2) is 0 Å². The van der Waals surface area contributed by atoms with Crippen molar-refractivity contribution in [1.29, 1.82) is 0 Å². The average Bonchev–Trinajstić information content (AvgIpc) is 2.47. The largest absolute Gasteiger partial charge is 0.371 e. The molecular formula is C15H27NO4. The van der Waals surface area contributed by atoms with E-state index in [-0.39, 0.29) is 7.33 Å². The number of carbonyl (C=O) groups excluding carboxylic acids is 2. The van der Waals surface area contributed by atoms with Crippen molar-refractivity contribution in [2.24, 2.45) is 0 Å². The van der Waals surface area contributed by atoms with Crippen LogP contribution in [0.5, 0.6) is 0 Å². The number of aliphatic hydroxyl groups excluding tert-OH is 1. The van der Waals surface area contributed by atoms with Crippen LogP contribution in [0.15, 0.2) is 24.3 Å². The Hall–Kier alpha value is -1.72. The molecule has 1 aromatic rings. The summed E-state index contributed by atoms with van der Waals surface area (Å²) in [5, 5.41) is 17.0. The predicted octanol–water partition coefficient (Wildman–Crippen LogP) is 1.58. The number of hydrogen-bond donors (Lipinski definition) is 3. The molecule has 1 amide bonds. The Bertz CT molecular complexity index is 315. The molecule has 1 aliphatic rings. The van der Waals surface area contributed by atoms with Crippen LogP contribution in [0, 0.1) is 13.8 Å². The SMILES string of the molecule is C=O.Cc1ccc(C)cc1.O=C1CCCCN1.OCO.[HH]. The first-order chi connectivity index (χ1) is 9.60.